The van der Waals surface area contributed by atoms with Crippen LogP contribution in [0, 0.1) is 0 Å². The summed E-state index contributed by atoms with van der Waals surface area (Å²) in [5.41, 5.74) is 3.86. The maximum Gasteiger partial charge on any atom is 0.306 e. The fraction of sp³-hybridized carbons (Fsp3) is 0.889. The van der Waals surface area contributed by atoms with E-state index in [1.807, 2.05) is 55.4 Å². The fourth-order valence-electron chi connectivity index (χ4n) is 4.32. The van der Waals surface area contributed by atoms with Crippen LogP contribution in [0.3, 0.4) is 0 Å². The molecule has 0 aromatic carbocycles. The van der Waals surface area contributed by atoms with Crippen molar-refractivity contribution < 1.29 is 42.9 Å². The van der Waals surface area contributed by atoms with Crippen LogP contribution in [-0.2, 0) is 42.9 Å². The number of hydrogen-bond acceptors (Lipinski definition) is 10. The Labute approximate surface area is 296 Å². The standard InChI is InChI=1S/C36H70N4O9/c1-32(2,3)49-29(42)17-14-26(37)30(43)40-27(31(44)39-23-19-36(10,11)48-25-21-34(6,7)46-13)15-16-28(41)38-22-18-35(8,9)47-24-20-33(4,5)45-12/h26-27H,14-25,37H2,1-13H3,(H,38,41)(H,39,44)(H,40,43)/t26-,27-/m0/s1. The number of amides is 3. The van der Waals surface area contributed by atoms with Gasteiger partial charge in [0.2, 0.25) is 17.7 Å². The molecule has 0 saturated heterocycles. The maximum atomic E-state index is 13.3. The van der Waals surface area contributed by atoms with Crippen molar-refractivity contribution in [3.8, 4) is 0 Å². The second kappa shape index (κ2) is 21.1. The van der Waals surface area contributed by atoms with Gasteiger partial charge in [-0.15, -0.1) is 0 Å². The lowest BCUT2D eigenvalue weighted by Crippen LogP contribution is -2.52. The number of esters is 1. The Bertz CT molecular complexity index is 1020. The van der Waals surface area contributed by atoms with Crippen molar-refractivity contribution >= 4 is 23.7 Å². The van der Waals surface area contributed by atoms with E-state index in [0.29, 0.717) is 45.6 Å². The van der Waals surface area contributed by atoms with Gasteiger partial charge in [-0.3, -0.25) is 19.2 Å². The number of nitrogens with one attached hydrogen (secondary N) is 3. The first-order chi connectivity index (χ1) is 22.3. The van der Waals surface area contributed by atoms with Gasteiger partial charge in [-0.25, -0.2) is 0 Å². The Morgan fingerprint density at radius 3 is 1.53 bits per heavy atom. The van der Waals surface area contributed by atoms with E-state index in [4.69, 9.17) is 29.4 Å². The van der Waals surface area contributed by atoms with E-state index < -0.39 is 46.7 Å². The Kier molecular flexibility index (Phi) is 20.1. The third-order valence-electron chi connectivity index (χ3n) is 8.28. The summed E-state index contributed by atoms with van der Waals surface area (Å²) in [7, 11) is 3.33. The first-order valence-electron chi connectivity index (χ1n) is 17.5. The van der Waals surface area contributed by atoms with Crippen molar-refractivity contribution in [2.24, 2.45) is 5.73 Å². The van der Waals surface area contributed by atoms with Crippen molar-refractivity contribution in [2.45, 2.75) is 168 Å². The van der Waals surface area contributed by atoms with Crippen LogP contribution in [0.1, 0.15) is 128 Å². The van der Waals surface area contributed by atoms with E-state index in [-0.39, 0.29) is 42.8 Å². The largest absolute Gasteiger partial charge is 0.460 e. The zero-order valence-corrected chi connectivity index (χ0v) is 32.9. The van der Waals surface area contributed by atoms with Crippen molar-refractivity contribution in [1.82, 2.24) is 16.0 Å². The van der Waals surface area contributed by atoms with E-state index in [0.717, 1.165) is 6.42 Å². The third kappa shape index (κ3) is 23.7. The minimum atomic E-state index is -1.04. The number of ether oxygens (including phenoxy) is 5. The second-order valence-electron chi connectivity index (χ2n) is 16.1. The van der Waals surface area contributed by atoms with E-state index in [9.17, 15) is 19.2 Å². The zero-order chi connectivity index (χ0) is 38.1. The average Bonchev–Trinajstić information content (AvgIpc) is 2.96. The molecule has 0 radical (unpaired) electrons. The maximum absolute atomic E-state index is 13.3. The van der Waals surface area contributed by atoms with Crippen LogP contribution in [-0.4, -0.2) is 104 Å². The van der Waals surface area contributed by atoms with Gasteiger partial charge in [0.25, 0.3) is 0 Å². The molecule has 0 bridgehead atoms. The van der Waals surface area contributed by atoms with Crippen LogP contribution in [0.15, 0.2) is 0 Å². The number of hydrogen-bond donors (Lipinski definition) is 4. The number of carbonyl (C=O) groups is 4. The number of carbonyl (C=O) groups excluding carboxylic acids is 4. The van der Waals surface area contributed by atoms with Crippen LogP contribution in [0.5, 0.6) is 0 Å². The van der Waals surface area contributed by atoms with E-state index in [1.54, 1.807) is 35.0 Å². The first-order valence-corrected chi connectivity index (χ1v) is 17.5. The van der Waals surface area contributed by atoms with Gasteiger partial charge in [0.15, 0.2) is 0 Å². The molecule has 0 spiro atoms. The molecule has 0 aromatic rings. The predicted molar refractivity (Wildman–Crippen MR) is 191 cm³/mol. The summed E-state index contributed by atoms with van der Waals surface area (Å²) in [4.78, 5) is 51.2. The van der Waals surface area contributed by atoms with Crippen molar-refractivity contribution in [1.29, 1.82) is 0 Å². The summed E-state index contributed by atoms with van der Waals surface area (Å²) < 4.78 is 28.2. The molecule has 0 unspecified atom stereocenters. The number of methoxy groups -OCH3 is 2. The molecule has 0 aliphatic carbocycles. The van der Waals surface area contributed by atoms with Crippen LogP contribution in [0.4, 0.5) is 0 Å². The molecule has 5 N–H and O–H groups in total. The molecule has 13 heteroatoms. The Balaban J connectivity index is 5.20. The normalized spacial score (nSPS) is 14.2. The molecule has 13 nitrogen and oxygen atoms in total. The zero-order valence-electron chi connectivity index (χ0n) is 32.9. The molecule has 0 rings (SSSR count). The van der Waals surface area contributed by atoms with Crippen molar-refractivity contribution in [3.05, 3.63) is 0 Å². The molecule has 0 heterocycles. The minimum Gasteiger partial charge on any atom is -0.460 e. The molecular formula is C36H70N4O9. The van der Waals surface area contributed by atoms with Crippen LogP contribution < -0.4 is 21.7 Å². The Morgan fingerprint density at radius 1 is 0.612 bits per heavy atom. The highest BCUT2D eigenvalue weighted by atomic mass is 16.6. The highest BCUT2D eigenvalue weighted by Gasteiger charge is 2.28. The number of nitrogens with two attached hydrogens (primary N) is 1. The molecule has 3 amide bonds. The highest BCUT2D eigenvalue weighted by Crippen LogP contribution is 2.20. The Hall–Kier alpha value is -2.32. The lowest BCUT2D eigenvalue weighted by Gasteiger charge is -2.29. The summed E-state index contributed by atoms with van der Waals surface area (Å²) in [6, 6.07) is -2.06. The predicted octanol–water partition coefficient (Wildman–Crippen LogP) is 3.93. The summed E-state index contributed by atoms with van der Waals surface area (Å²) >= 11 is 0. The second-order valence-corrected chi connectivity index (χ2v) is 16.1. The van der Waals surface area contributed by atoms with Gasteiger partial charge in [0.1, 0.15) is 11.6 Å². The van der Waals surface area contributed by atoms with Gasteiger partial charge in [0, 0.05) is 40.2 Å². The fourth-order valence-corrected chi connectivity index (χ4v) is 4.32. The van der Waals surface area contributed by atoms with Crippen LogP contribution >= 0.6 is 0 Å². The Morgan fingerprint density at radius 2 is 1.08 bits per heavy atom. The SMILES string of the molecule is COC(C)(C)CCOC(C)(C)CCNC(=O)CC[C@H](NC(=O)[C@@H](N)CCC(=O)OC(C)(C)C)C(=O)NCCC(C)(C)OCCC(C)(C)OC. The smallest absolute Gasteiger partial charge is 0.306 e. The average molecular weight is 703 g/mol. The summed E-state index contributed by atoms with van der Waals surface area (Å²) in [6.07, 6.45) is 2.59. The van der Waals surface area contributed by atoms with Gasteiger partial charge in [-0.05, 0) is 115 Å². The quantitative estimate of drug-likeness (QED) is 0.102. The molecule has 0 aliphatic rings. The lowest BCUT2D eigenvalue weighted by atomic mass is 10.0. The highest BCUT2D eigenvalue weighted by molar-refractivity contribution is 5.90. The summed E-state index contributed by atoms with van der Waals surface area (Å²) in [5.74, 6) is -1.76. The van der Waals surface area contributed by atoms with E-state index in [1.165, 1.54) is 0 Å². The molecule has 2 atom stereocenters. The van der Waals surface area contributed by atoms with Gasteiger partial charge >= 0.3 is 5.97 Å². The monoisotopic (exact) mass is 703 g/mol. The van der Waals surface area contributed by atoms with Crippen molar-refractivity contribution in [3.63, 3.8) is 0 Å². The molecule has 49 heavy (non-hydrogen) atoms. The first kappa shape index (κ1) is 46.7. The van der Waals surface area contributed by atoms with Gasteiger partial charge in [-0.1, -0.05) is 0 Å². The van der Waals surface area contributed by atoms with Crippen molar-refractivity contribution in [2.75, 3.05) is 40.5 Å². The van der Waals surface area contributed by atoms with E-state index in [2.05, 4.69) is 16.0 Å². The summed E-state index contributed by atoms with van der Waals surface area (Å²) in [6.45, 7) is 22.8. The molecule has 0 aromatic heterocycles. The molecule has 0 saturated carbocycles. The topological polar surface area (TPSA) is 177 Å². The lowest BCUT2D eigenvalue weighted by molar-refractivity contribution is -0.155. The molecule has 0 aliphatic heterocycles. The summed E-state index contributed by atoms with van der Waals surface area (Å²) in [5, 5.41) is 8.44. The van der Waals surface area contributed by atoms with Crippen LogP contribution in [0.25, 0.3) is 0 Å². The van der Waals surface area contributed by atoms with Gasteiger partial charge in [-0.2, -0.15) is 0 Å². The van der Waals surface area contributed by atoms with E-state index >= 15 is 0 Å². The van der Waals surface area contributed by atoms with Crippen LogP contribution in [0.2, 0.25) is 0 Å². The van der Waals surface area contributed by atoms with Gasteiger partial charge < -0.3 is 45.4 Å². The van der Waals surface area contributed by atoms with Gasteiger partial charge in [0.05, 0.1) is 41.7 Å². The minimum absolute atomic E-state index is 0.00127. The molecule has 288 valence electrons. The number of rotatable bonds is 25. The third-order valence-corrected chi connectivity index (χ3v) is 8.28. The molecular weight excluding hydrogens is 632 g/mol. The molecule has 0 fully saturated rings.